The lowest BCUT2D eigenvalue weighted by Gasteiger charge is -2.20. The molecule has 1 heterocycles. The molecule has 0 spiro atoms. The molecule has 2 aromatic rings. The Balaban J connectivity index is 1.79. The van der Waals surface area contributed by atoms with Gasteiger partial charge in [-0.1, -0.05) is 45.0 Å². The molecule has 1 aromatic carbocycles. The standard InChI is InChI=1S/C18H27N3/c1-15(19-11-5-13-21-14-6-12-20-21)16-7-9-17(10-8-16)18(2,3)4/h6-10,12,14-15,19H,5,11,13H2,1-4H3. The van der Waals surface area contributed by atoms with Gasteiger partial charge in [-0.3, -0.25) is 4.68 Å². The Kier molecular flexibility index (Phi) is 5.18. The van der Waals surface area contributed by atoms with E-state index in [4.69, 9.17) is 0 Å². The van der Waals surface area contributed by atoms with Crippen molar-refractivity contribution >= 4 is 0 Å². The topological polar surface area (TPSA) is 29.9 Å². The fourth-order valence-electron chi connectivity index (χ4n) is 2.38. The molecular weight excluding hydrogens is 258 g/mol. The van der Waals surface area contributed by atoms with E-state index in [9.17, 15) is 0 Å². The van der Waals surface area contributed by atoms with Gasteiger partial charge in [0, 0.05) is 25.0 Å². The van der Waals surface area contributed by atoms with E-state index < -0.39 is 0 Å². The fourth-order valence-corrected chi connectivity index (χ4v) is 2.38. The molecular formula is C18H27N3. The van der Waals surface area contributed by atoms with E-state index in [0.29, 0.717) is 6.04 Å². The van der Waals surface area contributed by atoms with Crippen LogP contribution in [0.4, 0.5) is 0 Å². The number of aryl methyl sites for hydroxylation is 1. The summed E-state index contributed by atoms with van der Waals surface area (Å²) in [4.78, 5) is 0. The SMILES string of the molecule is CC(NCCCn1cccn1)c1ccc(C(C)(C)C)cc1. The minimum atomic E-state index is 0.221. The molecule has 3 nitrogen and oxygen atoms in total. The van der Waals surface area contributed by atoms with Crippen LogP contribution in [0.3, 0.4) is 0 Å². The first-order valence-electron chi connectivity index (χ1n) is 7.78. The minimum absolute atomic E-state index is 0.221. The third kappa shape index (κ3) is 4.71. The molecule has 1 N–H and O–H groups in total. The van der Waals surface area contributed by atoms with Crippen molar-refractivity contribution < 1.29 is 0 Å². The van der Waals surface area contributed by atoms with Crippen molar-refractivity contribution in [3.05, 3.63) is 53.9 Å². The third-order valence-corrected chi connectivity index (χ3v) is 3.85. The number of rotatable bonds is 6. The predicted octanol–water partition coefficient (Wildman–Crippen LogP) is 3.92. The number of aromatic nitrogens is 2. The van der Waals surface area contributed by atoms with Gasteiger partial charge in [-0.05, 0) is 42.5 Å². The van der Waals surface area contributed by atoms with Crippen LogP contribution in [0.15, 0.2) is 42.7 Å². The van der Waals surface area contributed by atoms with Crippen LogP contribution in [0.1, 0.15) is 51.3 Å². The second-order valence-corrected chi connectivity index (χ2v) is 6.67. The Morgan fingerprint density at radius 3 is 2.48 bits per heavy atom. The normalized spacial score (nSPS) is 13.3. The van der Waals surface area contributed by atoms with Gasteiger partial charge >= 0.3 is 0 Å². The summed E-state index contributed by atoms with van der Waals surface area (Å²) in [7, 11) is 0. The van der Waals surface area contributed by atoms with E-state index in [1.165, 1.54) is 11.1 Å². The van der Waals surface area contributed by atoms with Crippen LogP contribution in [0.25, 0.3) is 0 Å². The maximum absolute atomic E-state index is 4.21. The lowest BCUT2D eigenvalue weighted by Crippen LogP contribution is -2.21. The number of nitrogens with zero attached hydrogens (tertiary/aromatic N) is 2. The predicted molar refractivity (Wildman–Crippen MR) is 88.4 cm³/mol. The molecule has 2 rings (SSSR count). The van der Waals surface area contributed by atoms with Crippen molar-refractivity contribution in [2.75, 3.05) is 6.54 Å². The number of benzene rings is 1. The summed E-state index contributed by atoms with van der Waals surface area (Å²) in [5, 5.41) is 7.79. The van der Waals surface area contributed by atoms with Gasteiger partial charge in [0.25, 0.3) is 0 Å². The monoisotopic (exact) mass is 285 g/mol. The molecule has 0 bridgehead atoms. The largest absolute Gasteiger partial charge is 0.310 e. The fraction of sp³-hybridized carbons (Fsp3) is 0.500. The van der Waals surface area contributed by atoms with Gasteiger partial charge in [0.05, 0.1) is 0 Å². The van der Waals surface area contributed by atoms with Crippen LogP contribution in [0.2, 0.25) is 0 Å². The van der Waals surface area contributed by atoms with Crippen molar-refractivity contribution in [3.8, 4) is 0 Å². The molecule has 21 heavy (non-hydrogen) atoms. The average Bonchev–Trinajstić information content (AvgIpc) is 2.96. The molecule has 1 aromatic heterocycles. The minimum Gasteiger partial charge on any atom is -0.310 e. The van der Waals surface area contributed by atoms with E-state index >= 15 is 0 Å². The van der Waals surface area contributed by atoms with E-state index in [1.807, 2.05) is 23.1 Å². The quantitative estimate of drug-likeness (QED) is 0.815. The Morgan fingerprint density at radius 2 is 1.90 bits per heavy atom. The highest BCUT2D eigenvalue weighted by Crippen LogP contribution is 2.23. The van der Waals surface area contributed by atoms with E-state index in [2.05, 4.69) is 62.4 Å². The second-order valence-electron chi connectivity index (χ2n) is 6.67. The zero-order valence-corrected chi connectivity index (χ0v) is 13.6. The lowest BCUT2D eigenvalue weighted by molar-refractivity contribution is 0.506. The molecule has 1 unspecified atom stereocenters. The third-order valence-electron chi connectivity index (χ3n) is 3.85. The molecule has 0 saturated heterocycles. The van der Waals surface area contributed by atoms with Gasteiger partial charge in [-0.25, -0.2) is 0 Å². The van der Waals surface area contributed by atoms with Crippen molar-refractivity contribution in [3.63, 3.8) is 0 Å². The van der Waals surface area contributed by atoms with E-state index in [-0.39, 0.29) is 5.41 Å². The van der Waals surface area contributed by atoms with Gasteiger partial charge in [0.1, 0.15) is 0 Å². The van der Waals surface area contributed by atoms with Gasteiger partial charge < -0.3 is 5.32 Å². The number of hydrogen-bond donors (Lipinski definition) is 1. The summed E-state index contributed by atoms with van der Waals surface area (Å²) in [6.07, 6.45) is 4.92. The molecule has 0 saturated carbocycles. The first kappa shape index (κ1) is 15.8. The zero-order valence-electron chi connectivity index (χ0n) is 13.6. The first-order chi connectivity index (χ1) is 9.97. The lowest BCUT2D eigenvalue weighted by atomic mass is 9.86. The van der Waals surface area contributed by atoms with E-state index in [0.717, 1.165) is 19.5 Å². The van der Waals surface area contributed by atoms with Gasteiger partial charge in [0.15, 0.2) is 0 Å². The maximum atomic E-state index is 4.21. The number of nitrogens with one attached hydrogen (secondary N) is 1. The highest BCUT2D eigenvalue weighted by atomic mass is 15.3. The zero-order chi connectivity index (χ0) is 15.3. The van der Waals surface area contributed by atoms with Crippen LogP contribution in [0, 0.1) is 0 Å². The van der Waals surface area contributed by atoms with Crippen LogP contribution in [0.5, 0.6) is 0 Å². The molecule has 114 valence electrons. The summed E-state index contributed by atoms with van der Waals surface area (Å²) in [6.45, 7) is 10.9. The van der Waals surface area contributed by atoms with Crippen LogP contribution in [-0.4, -0.2) is 16.3 Å². The smallest absolute Gasteiger partial charge is 0.0489 e. The summed E-state index contributed by atoms with van der Waals surface area (Å²) >= 11 is 0. The summed E-state index contributed by atoms with van der Waals surface area (Å²) in [6, 6.07) is 11.3. The van der Waals surface area contributed by atoms with Crippen LogP contribution in [-0.2, 0) is 12.0 Å². The molecule has 3 heteroatoms. The van der Waals surface area contributed by atoms with Crippen molar-refractivity contribution in [1.29, 1.82) is 0 Å². The molecule has 0 aliphatic heterocycles. The number of hydrogen-bond acceptors (Lipinski definition) is 2. The highest BCUT2D eigenvalue weighted by Gasteiger charge is 2.13. The van der Waals surface area contributed by atoms with Crippen molar-refractivity contribution in [2.24, 2.45) is 0 Å². The molecule has 0 radical (unpaired) electrons. The van der Waals surface area contributed by atoms with Crippen molar-refractivity contribution in [2.45, 2.75) is 52.1 Å². The Hall–Kier alpha value is -1.61. The molecule has 0 aliphatic carbocycles. The molecule has 0 amide bonds. The van der Waals surface area contributed by atoms with Crippen LogP contribution < -0.4 is 5.32 Å². The summed E-state index contributed by atoms with van der Waals surface area (Å²) in [5.74, 6) is 0. The Morgan fingerprint density at radius 1 is 1.19 bits per heavy atom. The van der Waals surface area contributed by atoms with E-state index in [1.54, 1.807) is 0 Å². The first-order valence-corrected chi connectivity index (χ1v) is 7.78. The molecule has 0 aliphatic rings. The average molecular weight is 285 g/mol. The maximum Gasteiger partial charge on any atom is 0.0489 e. The molecule has 0 fully saturated rings. The van der Waals surface area contributed by atoms with Crippen LogP contribution >= 0.6 is 0 Å². The van der Waals surface area contributed by atoms with Gasteiger partial charge in [-0.15, -0.1) is 0 Å². The Bertz CT molecular complexity index is 521. The molecule has 1 atom stereocenters. The summed E-state index contributed by atoms with van der Waals surface area (Å²) < 4.78 is 1.98. The van der Waals surface area contributed by atoms with Crippen molar-refractivity contribution in [1.82, 2.24) is 15.1 Å². The van der Waals surface area contributed by atoms with Gasteiger partial charge in [0.2, 0.25) is 0 Å². The van der Waals surface area contributed by atoms with Gasteiger partial charge in [-0.2, -0.15) is 5.10 Å². The highest BCUT2D eigenvalue weighted by molar-refractivity contribution is 5.28. The summed E-state index contributed by atoms with van der Waals surface area (Å²) in [5.41, 5.74) is 2.96. The second kappa shape index (κ2) is 6.90. The Labute approximate surface area is 128 Å².